The molecule has 0 unspecified atom stereocenters. The summed E-state index contributed by atoms with van der Waals surface area (Å²) in [5, 5.41) is 9.16. The topological polar surface area (TPSA) is 45.7 Å². The van der Waals surface area contributed by atoms with Gasteiger partial charge < -0.3 is 15.4 Å². The van der Waals surface area contributed by atoms with Crippen molar-refractivity contribution in [2.24, 2.45) is 10.9 Å². The molecule has 0 spiro atoms. The number of benzene rings is 2. The molecule has 1 saturated carbocycles. The number of aliphatic imine (C=N–C) groups is 1. The van der Waals surface area contributed by atoms with E-state index in [9.17, 15) is 0 Å². The van der Waals surface area contributed by atoms with E-state index in [2.05, 4.69) is 46.0 Å². The van der Waals surface area contributed by atoms with Gasteiger partial charge in [0, 0.05) is 20.1 Å². The van der Waals surface area contributed by atoms with Crippen LogP contribution < -0.4 is 15.4 Å². The summed E-state index contributed by atoms with van der Waals surface area (Å²) in [5.41, 5.74) is 1.24. The minimum Gasteiger partial charge on any atom is -0.497 e. The minimum atomic E-state index is 0. The van der Waals surface area contributed by atoms with Crippen molar-refractivity contribution in [1.29, 1.82) is 0 Å². The van der Waals surface area contributed by atoms with Crippen LogP contribution in [0, 0.1) is 5.92 Å². The number of nitrogens with zero attached hydrogens (tertiary/aromatic N) is 1. The highest BCUT2D eigenvalue weighted by atomic mass is 127. The van der Waals surface area contributed by atoms with Crippen LogP contribution >= 0.6 is 24.0 Å². The Morgan fingerprint density at radius 3 is 2.57 bits per heavy atom. The lowest BCUT2D eigenvalue weighted by Gasteiger charge is -2.12. The van der Waals surface area contributed by atoms with Crippen molar-refractivity contribution in [2.45, 2.75) is 19.4 Å². The summed E-state index contributed by atoms with van der Waals surface area (Å²) < 4.78 is 5.26. The maximum Gasteiger partial charge on any atom is 0.191 e. The average molecular weight is 425 g/mol. The van der Waals surface area contributed by atoms with Crippen molar-refractivity contribution in [3.63, 3.8) is 0 Å². The van der Waals surface area contributed by atoms with Crippen LogP contribution in [0.15, 0.2) is 41.4 Å². The summed E-state index contributed by atoms with van der Waals surface area (Å²) in [4.78, 5) is 4.27. The second-order valence-electron chi connectivity index (χ2n) is 5.80. The van der Waals surface area contributed by atoms with Gasteiger partial charge in [-0.1, -0.05) is 18.2 Å². The molecule has 1 aliphatic rings. The normalized spacial score (nSPS) is 14.3. The lowest BCUT2D eigenvalue weighted by atomic mass is 10.1. The van der Waals surface area contributed by atoms with E-state index in [1.807, 2.05) is 13.1 Å². The van der Waals surface area contributed by atoms with Crippen molar-refractivity contribution < 1.29 is 4.74 Å². The van der Waals surface area contributed by atoms with E-state index < -0.39 is 0 Å². The molecule has 0 heterocycles. The zero-order chi connectivity index (χ0) is 15.4. The molecule has 23 heavy (non-hydrogen) atoms. The van der Waals surface area contributed by atoms with Crippen molar-refractivity contribution in [3.8, 4) is 5.75 Å². The second-order valence-corrected chi connectivity index (χ2v) is 5.80. The number of nitrogens with one attached hydrogen (secondary N) is 2. The smallest absolute Gasteiger partial charge is 0.191 e. The van der Waals surface area contributed by atoms with Crippen LogP contribution in [0.25, 0.3) is 10.8 Å². The third-order valence-corrected chi connectivity index (χ3v) is 4.05. The quantitative estimate of drug-likeness (QED) is 0.438. The first kappa shape index (κ1) is 17.8. The molecule has 0 amide bonds. The van der Waals surface area contributed by atoms with Crippen molar-refractivity contribution in [2.75, 3.05) is 20.7 Å². The van der Waals surface area contributed by atoms with Gasteiger partial charge in [-0.15, -0.1) is 24.0 Å². The van der Waals surface area contributed by atoms with Gasteiger partial charge in [-0.3, -0.25) is 4.99 Å². The van der Waals surface area contributed by atoms with Gasteiger partial charge in [0.1, 0.15) is 5.75 Å². The van der Waals surface area contributed by atoms with Gasteiger partial charge in [-0.25, -0.2) is 0 Å². The van der Waals surface area contributed by atoms with E-state index in [4.69, 9.17) is 4.74 Å². The van der Waals surface area contributed by atoms with Crippen molar-refractivity contribution in [3.05, 3.63) is 42.0 Å². The largest absolute Gasteiger partial charge is 0.497 e. The van der Waals surface area contributed by atoms with E-state index >= 15 is 0 Å². The first-order valence-corrected chi connectivity index (χ1v) is 7.79. The van der Waals surface area contributed by atoms with Crippen LogP contribution in [0.3, 0.4) is 0 Å². The van der Waals surface area contributed by atoms with Crippen LogP contribution in [-0.2, 0) is 6.54 Å². The SMILES string of the molecule is CN=C(NCc1ccc2cc(OC)ccc2c1)NCC1CC1.I. The average Bonchev–Trinajstić information content (AvgIpc) is 3.38. The number of hydrogen-bond acceptors (Lipinski definition) is 2. The molecule has 2 aromatic rings. The third kappa shape index (κ3) is 4.99. The Bertz CT molecular complexity index is 683. The monoisotopic (exact) mass is 425 g/mol. The lowest BCUT2D eigenvalue weighted by molar-refractivity contribution is 0.415. The molecule has 1 aliphatic carbocycles. The van der Waals surface area contributed by atoms with Crippen LogP contribution in [0.4, 0.5) is 0 Å². The van der Waals surface area contributed by atoms with Crippen LogP contribution in [-0.4, -0.2) is 26.7 Å². The predicted octanol–water partition coefficient (Wildman–Crippen LogP) is 3.54. The Morgan fingerprint density at radius 1 is 1.13 bits per heavy atom. The molecule has 124 valence electrons. The fraction of sp³-hybridized carbons (Fsp3) is 0.389. The van der Waals surface area contributed by atoms with Gasteiger partial charge in [0.05, 0.1) is 7.11 Å². The molecule has 0 aliphatic heterocycles. The van der Waals surface area contributed by atoms with Crippen LogP contribution in [0.2, 0.25) is 0 Å². The number of rotatable bonds is 5. The van der Waals surface area contributed by atoms with E-state index in [0.717, 1.165) is 30.7 Å². The standard InChI is InChI=1S/C18H23N3O.HI/c1-19-18(20-11-13-3-4-13)21-12-14-5-6-16-10-17(22-2)8-7-15(16)9-14;/h5-10,13H,3-4,11-12H2,1-2H3,(H2,19,20,21);1H. The molecule has 5 heteroatoms. The Kier molecular flexibility index (Phi) is 6.50. The molecule has 0 bridgehead atoms. The molecule has 2 aromatic carbocycles. The Hall–Kier alpha value is -1.50. The zero-order valence-corrected chi connectivity index (χ0v) is 16.0. The third-order valence-electron chi connectivity index (χ3n) is 4.05. The molecule has 0 radical (unpaired) electrons. The molecule has 0 atom stereocenters. The molecular weight excluding hydrogens is 401 g/mol. The number of halogens is 1. The Labute approximate surface area is 154 Å². The van der Waals surface area contributed by atoms with Gasteiger partial charge in [0.2, 0.25) is 0 Å². The van der Waals surface area contributed by atoms with Gasteiger partial charge in [-0.2, -0.15) is 0 Å². The Morgan fingerprint density at radius 2 is 1.87 bits per heavy atom. The van der Waals surface area contributed by atoms with Crippen LogP contribution in [0.1, 0.15) is 18.4 Å². The zero-order valence-electron chi connectivity index (χ0n) is 13.6. The van der Waals surface area contributed by atoms with E-state index in [1.165, 1.54) is 29.2 Å². The fourth-order valence-electron chi connectivity index (χ4n) is 2.48. The summed E-state index contributed by atoms with van der Waals surface area (Å²) in [6.07, 6.45) is 2.69. The molecular formula is C18H24IN3O. The van der Waals surface area contributed by atoms with E-state index in [0.29, 0.717) is 0 Å². The highest BCUT2D eigenvalue weighted by Gasteiger charge is 2.20. The summed E-state index contributed by atoms with van der Waals surface area (Å²) >= 11 is 0. The highest BCUT2D eigenvalue weighted by molar-refractivity contribution is 14.0. The Balaban J connectivity index is 0.00000192. The second kappa shape index (κ2) is 8.38. The highest BCUT2D eigenvalue weighted by Crippen LogP contribution is 2.27. The maximum absolute atomic E-state index is 5.26. The number of guanidine groups is 1. The summed E-state index contributed by atoms with van der Waals surface area (Å²) in [6, 6.07) is 12.6. The molecule has 2 N–H and O–H groups in total. The summed E-state index contributed by atoms with van der Waals surface area (Å²) in [5.74, 6) is 2.61. The fourth-order valence-corrected chi connectivity index (χ4v) is 2.48. The lowest BCUT2D eigenvalue weighted by Crippen LogP contribution is -2.37. The first-order valence-electron chi connectivity index (χ1n) is 7.79. The van der Waals surface area contributed by atoms with E-state index in [1.54, 1.807) is 7.11 Å². The van der Waals surface area contributed by atoms with Crippen molar-refractivity contribution in [1.82, 2.24) is 10.6 Å². The number of fused-ring (bicyclic) bond motifs is 1. The summed E-state index contributed by atoms with van der Waals surface area (Å²) in [6.45, 7) is 1.80. The molecule has 4 nitrogen and oxygen atoms in total. The number of methoxy groups -OCH3 is 1. The summed E-state index contributed by atoms with van der Waals surface area (Å²) in [7, 11) is 3.51. The van der Waals surface area contributed by atoms with E-state index in [-0.39, 0.29) is 24.0 Å². The predicted molar refractivity (Wildman–Crippen MR) is 107 cm³/mol. The number of hydrogen-bond donors (Lipinski definition) is 2. The van der Waals surface area contributed by atoms with Gasteiger partial charge in [0.15, 0.2) is 5.96 Å². The van der Waals surface area contributed by atoms with Gasteiger partial charge in [0.25, 0.3) is 0 Å². The van der Waals surface area contributed by atoms with Crippen molar-refractivity contribution >= 4 is 40.7 Å². The van der Waals surface area contributed by atoms with Gasteiger partial charge in [-0.05, 0) is 53.3 Å². The maximum atomic E-state index is 5.26. The minimum absolute atomic E-state index is 0. The number of ether oxygens (including phenoxy) is 1. The molecule has 0 saturated heterocycles. The molecule has 1 fully saturated rings. The van der Waals surface area contributed by atoms with Gasteiger partial charge >= 0.3 is 0 Å². The molecule has 3 rings (SSSR count). The molecule has 0 aromatic heterocycles. The van der Waals surface area contributed by atoms with Crippen LogP contribution in [0.5, 0.6) is 5.75 Å². The first-order chi connectivity index (χ1) is 10.8.